The first-order chi connectivity index (χ1) is 11.1. The SMILES string of the molecule is C=CC(COC)N=C(C(=C)/C=C\C)c1cc(C)ccc1CCO. The number of hydrogen-bond donors (Lipinski definition) is 1. The van der Waals surface area contributed by atoms with E-state index in [0.717, 1.165) is 28.0 Å². The van der Waals surface area contributed by atoms with E-state index in [2.05, 4.69) is 19.2 Å². The van der Waals surface area contributed by atoms with Crippen LogP contribution in [-0.4, -0.2) is 37.2 Å². The van der Waals surface area contributed by atoms with Gasteiger partial charge in [0, 0.05) is 19.3 Å². The van der Waals surface area contributed by atoms with Crippen LogP contribution in [0.2, 0.25) is 0 Å². The van der Waals surface area contributed by atoms with Gasteiger partial charge in [-0.3, -0.25) is 4.99 Å². The van der Waals surface area contributed by atoms with Gasteiger partial charge in [0.1, 0.15) is 0 Å². The van der Waals surface area contributed by atoms with Crippen LogP contribution in [-0.2, 0) is 11.2 Å². The quantitative estimate of drug-likeness (QED) is 0.429. The van der Waals surface area contributed by atoms with E-state index in [1.165, 1.54) is 0 Å². The molecule has 0 saturated carbocycles. The third kappa shape index (κ3) is 5.62. The third-order valence-electron chi connectivity index (χ3n) is 3.48. The maximum atomic E-state index is 9.34. The van der Waals surface area contributed by atoms with Crippen LogP contribution in [0.25, 0.3) is 0 Å². The number of benzene rings is 1. The van der Waals surface area contributed by atoms with Gasteiger partial charge in [-0.05, 0) is 37.5 Å². The van der Waals surface area contributed by atoms with Gasteiger partial charge in [0.25, 0.3) is 0 Å². The summed E-state index contributed by atoms with van der Waals surface area (Å²) in [7, 11) is 1.65. The number of allylic oxidation sites excluding steroid dienone is 3. The van der Waals surface area contributed by atoms with Gasteiger partial charge in [0.2, 0.25) is 0 Å². The second-order valence-corrected chi connectivity index (χ2v) is 5.40. The van der Waals surface area contributed by atoms with E-state index in [1.807, 2.05) is 38.1 Å². The summed E-state index contributed by atoms with van der Waals surface area (Å²) >= 11 is 0. The van der Waals surface area contributed by atoms with Crippen molar-refractivity contribution in [2.45, 2.75) is 26.3 Å². The van der Waals surface area contributed by atoms with Gasteiger partial charge in [-0.15, -0.1) is 6.58 Å². The number of ether oxygens (including phenoxy) is 1. The summed E-state index contributed by atoms with van der Waals surface area (Å²) in [6, 6.07) is 6.04. The molecule has 1 aromatic rings. The standard InChI is InChI=1S/C20H27NO2/c1-6-8-16(4)20(21-18(7-2)14-23-5)19-13-15(3)9-10-17(19)11-12-22/h6-10,13,18,22H,2,4,11-12,14H2,1,3,5H3/b8-6-,21-20?. The first-order valence-electron chi connectivity index (χ1n) is 7.79. The largest absolute Gasteiger partial charge is 0.396 e. The molecule has 0 bridgehead atoms. The van der Waals surface area contributed by atoms with E-state index in [0.29, 0.717) is 13.0 Å². The zero-order valence-electron chi connectivity index (χ0n) is 14.4. The average Bonchev–Trinajstić information content (AvgIpc) is 2.53. The highest BCUT2D eigenvalue weighted by Crippen LogP contribution is 2.19. The minimum Gasteiger partial charge on any atom is -0.396 e. The van der Waals surface area contributed by atoms with E-state index >= 15 is 0 Å². The normalized spacial score (nSPS) is 13.3. The molecule has 0 aliphatic carbocycles. The van der Waals surface area contributed by atoms with Gasteiger partial charge in [-0.1, -0.05) is 42.5 Å². The minimum atomic E-state index is -0.139. The van der Waals surface area contributed by atoms with Crippen molar-refractivity contribution in [2.24, 2.45) is 4.99 Å². The number of aliphatic hydroxyl groups is 1. The Kier molecular flexibility index (Phi) is 8.23. The molecule has 0 radical (unpaired) electrons. The average molecular weight is 313 g/mol. The van der Waals surface area contributed by atoms with Crippen LogP contribution in [0.15, 0.2) is 60.2 Å². The number of aliphatic hydroxyl groups excluding tert-OH is 1. The Morgan fingerprint density at radius 2 is 2.17 bits per heavy atom. The number of rotatable bonds is 9. The second kappa shape index (κ2) is 9.93. The lowest BCUT2D eigenvalue weighted by Crippen LogP contribution is -2.16. The molecule has 0 aliphatic rings. The third-order valence-corrected chi connectivity index (χ3v) is 3.48. The van der Waals surface area contributed by atoms with Gasteiger partial charge < -0.3 is 9.84 Å². The summed E-state index contributed by atoms with van der Waals surface area (Å²) in [6.45, 7) is 12.5. The lowest BCUT2D eigenvalue weighted by molar-refractivity contribution is 0.192. The zero-order chi connectivity index (χ0) is 17.2. The highest BCUT2D eigenvalue weighted by molar-refractivity contribution is 6.15. The Labute approximate surface area is 139 Å². The Bertz CT molecular complexity index is 600. The first-order valence-corrected chi connectivity index (χ1v) is 7.79. The molecule has 0 spiro atoms. The van der Waals surface area contributed by atoms with Crippen molar-refractivity contribution in [3.8, 4) is 0 Å². The molecule has 124 valence electrons. The Morgan fingerprint density at radius 3 is 2.74 bits per heavy atom. The summed E-state index contributed by atoms with van der Waals surface area (Å²) < 4.78 is 5.21. The van der Waals surface area contributed by atoms with Crippen molar-refractivity contribution in [3.05, 3.63) is 71.8 Å². The van der Waals surface area contributed by atoms with E-state index < -0.39 is 0 Å². The molecule has 0 saturated heterocycles. The molecule has 23 heavy (non-hydrogen) atoms. The van der Waals surface area contributed by atoms with Gasteiger partial charge in [-0.25, -0.2) is 0 Å². The molecule has 0 amide bonds. The Morgan fingerprint density at radius 1 is 1.43 bits per heavy atom. The van der Waals surface area contributed by atoms with Gasteiger partial charge in [0.15, 0.2) is 0 Å². The maximum absolute atomic E-state index is 9.34. The summed E-state index contributed by atoms with van der Waals surface area (Å²) in [5.74, 6) is 0. The Balaban J connectivity index is 3.45. The topological polar surface area (TPSA) is 41.8 Å². The molecule has 1 N–H and O–H groups in total. The van der Waals surface area contributed by atoms with Crippen molar-refractivity contribution < 1.29 is 9.84 Å². The predicted molar refractivity (Wildman–Crippen MR) is 98.3 cm³/mol. The van der Waals surface area contributed by atoms with E-state index in [1.54, 1.807) is 13.2 Å². The fourth-order valence-corrected chi connectivity index (χ4v) is 2.35. The molecular weight excluding hydrogens is 286 g/mol. The van der Waals surface area contributed by atoms with Crippen molar-refractivity contribution in [1.29, 1.82) is 0 Å². The maximum Gasteiger partial charge on any atom is 0.0918 e. The second-order valence-electron chi connectivity index (χ2n) is 5.40. The van der Waals surface area contributed by atoms with Crippen LogP contribution in [0.4, 0.5) is 0 Å². The van der Waals surface area contributed by atoms with E-state index in [4.69, 9.17) is 9.73 Å². The smallest absolute Gasteiger partial charge is 0.0918 e. The zero-order valence-corrected chi connectivity index (χ0v) is 14.4. The predicted octanol–water partition coefficient (Wildman–Crippen LogP) is 3.65. The molecule has 1 rings (SSSR count). The van der Waals surface area contributed by atoms with Crippen LogP contribution < -0.4 is 0 Å². The highest BCUT2D eigenvalue weighted by Gasteiger charge is 2.14. The van der Waals surface area contributed by atoms with Crippen LogP contribution in [0.1, 0.15) is 23.6 Å². The number of methoxy groups -OCH3 is 1. The summed E-state index contributed by atoms with van der Waals surface area (Å²) in [5, 5.41) is 9.34. The highest BCUT2D eigenvalue weighted by atomic mass is 16.5. The van der Waals surface area contributed by atoms with E-state index in [9.17, 15) is 5.11 Å². The fraction of sp³-hybridized carbons (Fsp3) is 0.350. The van der Waals surface area contributed by atoms with Crippen molar-refractivity contribution >= 4 is 5.71 Å². The monoisotopic (exact) mass is 313 g/mol. The Hall–Kier alpha value is -1.97. The molecule has 1 aromatic carbocycles. The van der Waals surface area contributed by atoms with Gasteiger partial charge in [-0.2, -0.15) is 0 Å². The molecule has 1 atom stereocenters. The van der Waals surface area contributed by atoms with Gasteiger partial charge in [0.05, 0.1) is 18.4 Å². The number of aliphatic imine (C=N–C) groups is 1. The molecule has 3 nitrogen and oxygen atoms in total. The van der Waals surface area contributed by atoms with Crippen LogP contribution in [0.5, 0.6) is 0 Å². The fourth-order valence-electron chi connectivity index (χ4n) is 2.35. The lowest BCUT2D eigenvalue weighted by Gasteiger charge is -2.16. The van der Waals surface area contributed by atoms with Crippen molar-refractivity contribution in [3.63, 3.8) is 0 Å². The van der Waals surface area contributed by atoms with Crippen LogP contribution >= 0.6 is 0 Å². The van der Waals surface area contributed by atoms with Crippen LogP contribution in [0.3, 0.4) is 0 Å². The van der Waals surface area contributed by atoms with E-state index in [-0.39, 0.29) is 12.6 Å². The van der Waals surface area contributed by atoms with Crippen molar-refractivity contribution in [2.75, 3.05) is 20.3 Å². The summed E-state index contributed by atoms with van der Waals surface area (Å²) in [6.07, 6.45) is 6.24. The number of aryl methyl sites for hydroxylation is 1. The molecule has 0 fully saturated rings. The van der Waals surface area contributed by atoms with Gasteiger partial charge >= 0.3 is 0 Å². The van der Waals surface area contributed by atoms with Crippen molar-refractivity contribution in [1.82, 2.24) is 0 Å². The lowest BCUT2D eigenvalue weighted by atomic mass is 9.94. The summed E-state index contributed by atoms with van der Waals surface area (Å²) in [4.78, 5) is 4.80. The molecule has 0 aromatic heterocycles. The summed E-state index contributed by atoms with van der Waals surface area (Å²) in [5.41, 5.74) is 4.86. The van der Waals surface area contributed by atoms with Crippen LogP contribution in [0, 0.1) is 6.92 Å². The molecule has 3 heteroatoms. The molecule has 1 unspecified atom stereocenters. The molecule has 0 aliphatic heterocycles. The minimum absolute atomic E-state index is 0.0996. The molecular formula is C20H27NO2. The first kappa shape index (κ1) is 19.1. The number of nitrogens with zero attached hydrogens (tertiary/aromatic N) is 1. The number of hydrogen-bond acceptors (Lipinski definition) is 3. The molecule has 0 heterocycles.